The highest BCUT2D eigenvalue weighted by Crippen LogP contribution is 2.10. The molecule has 3 aromatic rings. The molecule has 6 heteroatoms. The Bertz CT molecular complexity index is 873. The van der Waals surface area contributed by atoms with Gasteiger partial charge in [-0.15, -0.1) is 0 Å². The van der Waals surface area contributed by atoms with Crippen molar-refractivity contribution in [3.8, 4) is 0 Å². The molecule has 0 saturated carbocycles. The molecule has 0 radical (unpaired) electrons. The molecule has 0 bridgehead atoms. The molecule has 0 saturated heterocycles. The third kappa shape index (κ3) is 4.42. The molecule has 0 aliphatic rings. The molecule has 0 unspecified atom stereocenters. The van der Waals surface area contributed by atoms with Crippen molar-refractivity contribution in [3.63, 3.8) is 0 Å². The van der Waals surface area contributed by atoms with Gasteiger partial charge in [-0.05, 0) is 36.4 Å². The third-order valence-corrected chi connectivity index (χ3v) is 3.28. The summed E-state index contributed by atoms with van der Waals surface area (Å²) in [4.78, 5) is 28.8. The lowest BCUT2D eigenvalue weighted by atomic mass is 10.2. The number of carbonyl (C=O) groups is 2. The highest BCUT2D eigenvalue weighted by Gasteiger charge is 2.15. The summed E-state index contributed by atoms with van der Waals surface area (Å²) in [7, 11) is 0. The monoisotopic (exact) mass is 333 g/mol. The minimum absolute atomic E-state index is 0.0626. The highest BCUT2D eigenvalue weighted by atomic mass is 16.3. The summed E-state index contributed by atoms with van der Waals surface area (Å²) in [6, 6.07) is 15.4. The van der Waals surface area contributed by atoms with Crippen molar-refractivity contribution in [1.29, 1.82) is 0 Å². The van der Waals surface area contributed by atoms with Gasteiger partial charge in [0, 0.05) is 17.8 Å². The molecule has 0 fully saturated rings. The standard InChI is InChI=1S/C19H15N3O3/c23-18(14-6-2-1-3-7-14)22-17(12-16-9-5-11-25-16)19(24)21-15-8-4-10-20-13-15/h1-13H,(H,21,24)(H,22,23)/b17-12-. The molecule has 2 aromatic heterocycles. The van der Waals surface area contributed by atoms with E-state index in [0.717, 1.165) is 0 Å². The number of pyridine rings is 1. The topological polar surface area (TPSA) is 84.2 Å². The third-order valence-electron chi connectivity index (χ3n) is 3.28. The van der Waals surface area contributed by atoms with Gasteiger partial charge in [-0.3, -0.25) is 14.6 Å². The minimum Gasteiger partial charge on any atom is -0.465 e. The fourth-order valence-electron chi connectivity index (χ4n) is 2.09. The van der Waals surface area contributed by atoms with E-state index in [1.54, 1.807) is 54.7 Å². The number of aromatic nitrogens is 1. The van der Waals surface area contributed by atoms with Gasteiger partial charge in [0.05, 0.1) is 18.1 Å². The molecule has 0 aliphatic carbocycles. The predicted molar refractivity (Wildman–Crippen MR) is 93.5 cm³/mol. The Hall–Kier alpha value is -3.67. The fraction of sp³-hybridized carbons (Fsp3) is 0. The van der Waals surface area contributed by atoms with Crippen LogP contribution in [0.1, 0.15) is 16.1 Å². The van der Waals surface area contributed by atoms with E-state index in [4.69, 9.17) is 4.42 Å². The van der Waals surface area contributed by atoms with Crippen molar-refractivity contribution in [2.24, 2.45) is 0 Å². The van der Waals surface area contributed by atoms with Crippen LogP contribution < -0.4 is 10.6 Å². The number of hydrogen-bond acceptors (Lipinski definition) is 4. The summed E-state index contributed by atoms with van der Waals surface area (Å²) in [5, 5.41) is 5.31. The van der Waals surface area contributed by atoms with Crippen LogP contribution in [-0.2, 0) is 4.79 Å². The van der Waals surface area contributed by atoms with Gasteiger partial charge in [0.25, 0.3) is 11.8 Å². The molecule has 0 aliphatic heterocycles. The van der Waals surface area contributed by atoms with Crippen molar-refractivity contribution in [2.45, 2.75) is 0 Å². The van der Waals surface area contributed by atoms with Crippen LogP contribution in [0.15, 0.2) is 83.4 Å². The van der Waals surface area contributed by atoms with Crippen LogP contribution >= 0.6 is 0 Å². The number of carbonyl (C=O) groups excluding carboxylic acids is 2. The lowest BCUT2D eigenvalue weighted by Gasteiger charge is -2.10. The van der Waals surface area contributed by atoms with E-state index in [9.17, 15) is 9.59 Å². The number of anilines is 1. The molecule has 2 heterocycles. The number of benzene rings is 1. The first kappa shape index (κ1) is 16.2. The van der Waals surface area contributed by atoms with Crippen molar-refractivity contribution in [3.05, 3.63) is 90.3 Å². The average molecular weight is 333 g/mol. The fourth-order valence-corrected chi connectivity index (χ4v) is 2.09. The molecule has 2 amide bonds. The largest absolute Gasteiger partial charge is 0.465 e. The normalized spacial score (nSPS) is 11.0. The molecular formula is C19H15N3O3. The van der Waals surface area contributed by atoms with Gasteiger partial charge >= 0.3 is 0 Å². The zero-order valence-corrected chi connectivity index (χ0v) is 13.2. The Kier molecular flexibility index (Phi) is 5.01. The van der Waals surface area contributed by atoms with Crippen LogP contribution in [0.2, 0.25) is 0 Å². The van der Waals surface area contributed by atoms with Gasteiger partial charge in [-0.1, -0.05) is 18.2 Å². The second kappa shape index (κ2) is 7.74. The van der Waals surface area contributed by atoms with Crippen LogP contribution in [0, 0.1) is 0 Å². The predicted octanol–water partition coefficient (Wildman–Crippen LogP) is 3.08. The van der Waals surface area contributed by atoms with Gasteiger partial charge in [0.15, 0.2) is 0 Å². The number of furan rings is 1. The van der Waals surface area contributed by atoms with Crippen molar-refractivity contribution >= 4 is 23.6 Å². The van der Waals surface area contributed by atoms with E-state index in [2.05, 4.69) is 15.6 Å². The molecule has 3 rings (SSSR count). The van der Waals surface area contributed by atoms with E-state index in [1.165, 1.54) is 18.5 Å². The highest BCUT2D eigenvalue weighted by molar-refractivity contribution is 6.10. The molecule has 0 spiro atoms. The molecule has 1 aromatic carbocycles. The number of amides is 2. The zero-order valence-electron chi connectivity index (χ0n) is 13.2. The number of nitrogens with one attached hydrogen (secondary N) is 2. The summed E-state index contributed by atoms with van der Waals surface area (Å²) in [5.74, 6) is -0.418. The van der Waals surface area contributed by atoms with E-state index in [-0.39, 0.29) is 11.6 Å². The molecule has 25 heavy (non-hydrogen) atoms. The Labute approximate surface area is 144 Å². The first-order chi connectivity index (χ1) is 12.2. The summed E-state index contributed by atoms with van der Waals surface area (Å²) >= 11 is 0. The maximum Gasteiger partial charge on any atom is 0.272 e. The van der Waals surface area contributed by atoms with E-state index in [0.29, 0.717) is 17.0 Å². The molecule has 0 atom stereocenters. The van der Waals surface area contributed by atoms with Gasteiger partial charge in [-0.25, -0.2) is 0 Å². The Morgan fingerprint density at radius 1 is 1.00 bits per heavy atom. The Balaban J connectivity index is 1.83. The second-order valence-electron chi connectivity index (χ2n) is 5.09. The first-order valence-electron chi connectivity index (χ1n) is 7.55. The summed E-state index contributed by atoms with van der Waals surface area (Å²) in [6.07, 6.45) is 6.07. The Morgan fingerprint density at radius 3 is 2.52 bits per heavy atom. The average Bonchev–Trinajstić information content (AvgIpc) is 3.16. The summed E-state index contributed by atoms with van der Waals surface area (Å²) in [5.41, 5.74) is 1.03. The van der Waals surface area contributed by atoms with Gasteiger partial charge in [0.1, 0.15) is 11.5 Å². The van der Waals surface area contributed by atoms with Crippen molar-refractivity contribution in [1.82, 2.24) is 10.3 Å². The van der Waals surface area contributed by atoms with E-state index < -0.39 is 5.91 Å². The number of nitrogens with zero attached hydrogens (tertiary/aromatic N) is 1. The Morgan fingerprint density at radius 2 is 1.84 bits per heavy atom. The van der Waals surface area contributed by atoms with Crippen LogP contribution in [0.5, 0.6) is 0 Å². The quantitative estimate of drug-likeness (QED) is 0.703. The lowest BCUT2D eigenvalue weighted by Crippen LogP contribution is -2.30. The molecule has 2 N–H and O–H groups in total. The van der Waals surface area contributed by atoms with Gasteiger partial charge in [0.2, 0.25) is 0 Å². The SMILES string of the molecule is O=C(Nc1cccnc1)/C(=C/c1ccco1)NC(=O)c1ccccc1. The lowest BCUT2D eigenvalue weighted by molar-refractivity contribution is -0.113. The molecule has 6 nitrogen and oxygen atoms in total. The van der Waals surface area contributed by atoms with Crippen molar-refractivity contribution < 1.29 is 14.0 Å². The molecular weight excluding hydrogens is 318 g/mol. The maximum absolute atomic E-state index is 12.5. The summed E-state index contributed by atoms with van der Waals surface area (Å²) < 4.78 is 5.23. The smallest absolute Gasteiger partial charge is 0.272 e. The van der Waals surface area contributed by atoms with E-state index in [1.807, 2.05) is 6.07 Å². The van der Waals surface area contributed by atoms with Crippen LogP contribution in [0.4, 0.5) is 5.69 Å². The van der Waals surface area contributed by atoms with E-state index >= 15 is 0 Å². The number of hydrogen-bond donors (Lipinski definition) is 2. The second-order valence-corrected chi connectivity index (χ2v) is 5.09. The molecule has 124 valence electrons. The number of rotatable bonds is 5. The van der Waals surface area contributed by atoms with Gasteiger partial charge in [-0.2, -0.15) is 0 Å². The van der Waals surface area contributed by atoms with Crippen LogP contribution in [-0.4, -0.2) is 16.8 Å². The maximum atomic E-state index is 12.5. The zero-order chi connectivity index (χ0) is 17.5. The first-order valence-corrected chi connectivity index (χ1v) is 7.55. The van der Waals surface area contributed by atoms with Crippen molar-refractivity contribution in [2.75, 3.05) is 5.32 Å². The van der Waals surface area contributed by atoms with Gasteiger partial charge < -0.3 is 15.1 Å². The minimum atomic E-state index is -0.478. The van der Waals surface area contributed by atoms with Crippen LogP contribution in [0.3, 0.4) is 0 Å². The summed E-state index contributed by atoms with van der Waals surface area (Å²) in [6.45, 7) is 0. The van der Waals surface area contributed by atoms with Crippen LogP contribution in [0.25, 0.3) is 6.08 Å².